The van der Waals surface area contributed by atoms with Gasteiger partial charge >= 0.3 is 7.12 Å². The number of benzene rings is 2. The van der Waals surface area contributed by atoms with Crippen LogP contribution < -0.4 is 5.46 Å². The molecule has 0 N–H and O–H groups in total. The van der Waals surface area contributed by atoms with Crippen molar-refractivity contribution in [2.75, 3.05) is 0 Å². The predicted octanol–water partition coefficient (Wildman–Crippen LogP) is 5.35. The second kappa shape index (κ2) is 6.29. The normalized spacial score (nSPS) is 20.1. The summed E-state index contributed by atoms with van der Waals surface area (Å²) in [6, 6.07) is 19.5. The van der Waals surface area contributed by atoms with Crippen LogP contribution in [0.3, 0.4) is 0 Å². The first kappa shape index (κ1) is 19.5. The van der Waals surface area contributed by atoms with Crippen LogP contribution in [0, 0.1) is 0 Å². The maximum atomic E-state index is 6.24. The van der Waals surface area contributed by atoms with Crippen LogP contribution in [0.15, 0.2) is 60.8 Å². The number of pyridine rings is 1. The molecule has 3 aromatic rings. The fourth-order valence-electron chi connectivity index (χ4n) is 4.61. The first-order valence-corrected chi connectivity index (χ1v) is 10.7. The highest BCUT2D eigenvalue weighted by molar-refractivity contribution is 6.62. The molecule has 3 nitrogen and oxygen atoms in total. The van der Waals surface area contributed by atoms with Crippen LogP contribution in [-0.4, -0.2) is 23.3 Å². The molecule has 2 aliphatic rings. The van der Waals surface area contributed by atoms with Crippen molar-refractivity contribution in [1.29, 1.82) is 0 Å². The van der Waals surface area contributed by atoms with Gasteiger partial charge in [0.25, 0.3) is 0 Å². The van der Waals surface area contributed by atoms with Crippen molar-refractivity contribution in [3.05, 3.63) is 71.9 Å². The van der Waals surface area contributed by atoms with Crippen LogP contribution in [0.1, 0.15) is 52.7 Å². The lowest BCUT2D eigenvalue weighted by Crippen LogP contribution is -2.41. The van der Waals surface area contributed by atoms with E-state index < -0.39 is 0 Å². The lowest BCUT2D eigenvalue weighted by molar-refractivity contribution is 0.00578. The number of nitrogens with zero attached hydrogens (tertiary/aromatic N) is 1. The van der Waals surface area contributed by atoms with Crippen molar-refractivity contribution in [3.63, 3.8) is 0 Å². The van der Waals surface area contributed by atoms with E-state index >= 15 is 0 Å². The largest absolute Gasteiger partial charge is 0.494 e. The van der Waals surface area contributed by atoms with Gasteiger partial charge in [-0.2, -0.15) is 0 Å². The molecule has 1 aromatic heterocycles. The minimum atomic E-state index is -0.383. The zero-order chi connectivity index (χ0) is 21.3. The van der Waals surface area contributed by atoms with E-state index in [1.165, 1.54) is 22.3 Å². The fraction of sp³-hybridized carbons (Fsp3) is 0.346. The summed E-state index contributed by atoms with van der Waals surface area (Å²) in [6.07, 6.45) is 1.85. The van der Waals surface area contributed by atoms with E-state index in [2.05, 4.69) is 95.1 Å². The van der Waals surface area contributed by atoms with Gasteiger partial charge in [0.2, 0.25) is 0 Å². The average molecular weight is 397 g/mol. The standard InChI is InChI=1S/C26H28BNO2/c1-24(2)21-10-8-7-9-19(21)20-15-17(11-12-22(20)24)23-16-18(13-14-28-23)27-29-25(3,4)26(5,6)30-27/h7-16H,1-6H3. The van der Waals surface area contributed by atoms with Crippen molar-refractivity contribution in [1.82, 2.24) is 4.98 Å². The molecule has 0 radical (unpaired) electrons. The van der Waals surface area contributed by atoms with E-state index in [-0.39, 0.29) is 23.7 Å². The molecule has 0 atom stereocenters. The number of aromatic nitrogens is 1. The van der Waals surface area contributed by atoms with Gasteiger partial charge in [0, 0.05) is 17.2 Å². The van der Waals surface area contributed by atoms with Gasteiger partial charge in [-0.1, -0.05) is 50.2 Å². The van der Waals surface area contributed by atoms with Crippen molar-refractivity contribution in [2.24, 2.45) is 0 Å². The second-order valence-electron chi connectivity index (χ2n) is 9.99. The Kier molecular flexibility index (Phi) is 4.09. The average Bonchev–Trinajstić information content (AvgIpc) is 3.08. The number of fused-ring (bicyclic) bond motifs is 3. The molecule has 152 valence electrons. The Morgan fingerprint density at radius 2 is 1.40 bits per heavy atom. The Hall–Kier alpha value is -2.43. The van der Waals surface area contributed by atoms with Gasteiger partial charge in [-0.25, -0.2) is 0 Å². The third kappa shape index (κ3) is 2.78. The SMILES string of the molecule is CC1(C)c2ccccc2-c2cc(-c3cc(B4OC(C)(C)C(C)(C)O4)ccn3)ccc21. The van der Waals surface area contributed by atoms with Crippen LogP contribution in [0.2, 0.25) is 0 Å². The first-order chi connectivity index (χ1) is 14.1. The van der Waals surface area contributed by atoms with Crippen molar-refractivity contribution in [3.8, 4) is 22.4 Å². The third-order valence-corrected chi connectivity index (χ3v) is 7.19. The molecule has 4 heteroatoms. The highest BCUT2D eigenvalue weighted by Crippen LogP contribution is 2.49. The lowest BCUT2D eigenvalue weighted by Gasteiger charge is -2.32. The fourth-order valence-corrected chi connectivity index (χ4v) is 4.61. The molecular weight excluding hydrogens is 369 g/mol. The van der Waals surface area contributed by atoms with E-state index in [0.717, 1.165) is 16.7 Å². The Bertz CT molecular complexity index is 1130. The Morgan fingerprint density at radius 3 is 2.13 bits per heavy atom. The summed E-state index contributed by atoms with van der Waals surface area (Å²) in [6.45, 7) is 12.9. The minimum Gasteiger partial charge on any atom is -0.399 e. The molecule has 0 unspecified atom stereocenters. The zero-order valence-corrected chi connectivity index (χ0v) is 18.6. The molecule has 0 amide bonds. The van der Waals surface area contributed by atoms with E-state index in [9.17, 15) is 0 Å². The quantitative estimate of drug-likeness (QED) is 0.546. The molecule has 1 aliphatic carbocycles. The number of hydrogen-bond donors (Lipinski definition) is 0. The summed E-state index contributed by atoms with van der Waals surface area (Å²) in [7, 11) is -0.383. The Morgan fingerprint density at radius 1 is 0.733 bits per heavy atom. The van der Waals surface area contributed by atoms with Gasteiger partial charge in [0.05, 0.1) is 16.9 Å². The number of rotatable bonds is 2. The number of hydrogen-bond acceptors (Lipinski definition) is 3. The molecule has 0 saturated carbocycles. The third-order valence-electron chi connectivity index (χ3n) is 7.19. The maximum absolute atomic E-state index is 6.24. The molecule has 2 heterocycles. The van der Waals surface area contributed by atoms with Gasteiger partial charge in [-0.15, -0.1) is 0 Å². The summed E-state index contributed by atoms with van der Waals surface area (Å²) in [5.41, 5.74) is 7.73. The molecule has 1 saturated heterocycles. The van der Waals surface area contributed by atoms with E-state index in [1.807, 2.05) is 12.3 Å². The van der Waals surface area contributed by atoms with Crippen LogP contribution in [0.5, 0.6) is 0 Å². The molecule has 0 bridgehead atoms. The van der Waals surface area contributed by atoms with E-state index in [4.69, 9.17) is 9.31 Å². The zero-order valence-electron chi connectivity index (χ0n) is 18.6. The summed E-state index contributed by atoms with van der Waals surface area (Å²) in [5.74, 6) is 0. The summed E-state index contributed by atoms with van der Waals surface area (Å²) in [5, 5.41) is 0. The summed E-state index contributed by atoms with van der Waals surface area (Å²) >= 11 is 0. The molecular formula is C26H28BNO2. The van der Waals surface area contributed by atoms with Gasteiger partial charge in [-0.3, -0.25) is 4.98 Å². The topological polar surface area (TPSA) is 31.4 Å². The van der Waals surface area contributed by atoms with Crippen molar-refractivity contribution < 1.29 is 9.31 Å². The van der Waals surface area contributed by atoms with Gasteiger partial charge in [0.15, 0.2) is 0 Å². The van der Waals surface area contributed by atoms with Crippen LogP contribution in [-0.2, 0) is 14.7 Å². The first-order valence-electron chi connectivity index (χ1n) is 10.7. The molecule has 5 rings (SSSR count). The predicted molar refractivity (Wildman–Crippen MR) is 123 cm³/mol. The molecule has 0 spiro atoms. The highest BCUT2D eigenvalue weighted by atomic mass is 16.7. The van der Waals surface area contributed by atoms with E-state index in [0.29, 0.717) is 0 Å². The molecule has 1 fully saturated rings. The van der Waals surface area contributed by atoms with Crippen LogP contribution in [0.25, 0.3) is 22.4 Å². The van der Waals surface area contributed by atoms with Crippen molar-refractivity contribution in [2.45, 2.75) is 58.2 Å². The summed E-state index contributed by atoms with van der Waals surface area (Å²) in [4.78, 5) is 4.66. The smallest absolute Gasteiger partial charge is 0.399 e. The summed E-state index contributed by atoms with van der Waals surface area (Å²) < 4.78 is 12.5. The minimum absolute atomic E-state index is 0.0163. The van der Waals surface area contributed by atoms with E-state index in [1.54, 1.807) is 0 Å². The maximum Gasteiger partial charge on any atom is 0.494 e. The highest BCUT2D eigenvalue weighted by Gasteiger charge is 2.51. The van der Waals surface area contributed by atoms with Gasteiger partial charge in [0.1, 0.15) is 0 Å². The second-order valence-corrected chi connectivity index (χ2v) is 9.99. The monoisotopic (exact) mass is 397 g/mol. The lowest BCUT2D eigenvalue weighted by atomic mass is 9.79. The van der Waals surface area contributed by atoms with Gasteiger partial charge < -0.3 is 9.31 Å². The Balaban J connectivity index is 1.55. The molecule has 2 aromatic carbocycles. The van der Waals surface area contributed by atoms with Gasteiger partial charge in [-0.05, 0) is 73.6 Å². The molecule has 30 heavy (non-hydrogen) atoms. The van der Waals surface area contributed by atoms with Crippen LogP contribution >= 0.6 is 0 Å². The van der Waals surface area contributed by atoms with Crippen LogP contribution in [0.4, 0.5) is 0 Å². The van der Waals surface area contributed by atoms with Crippen molar-refractivity contribution >= 4 is 12.6 Å². The Labute approximate surface area is 179 Å². The molecule has 1 aliphatic heterocycles.